The molecular formula is C15H29N3O5. The summed E-state index contributed by atoms with van der Waals surface area (Å²) in [6.45, 7) is 8.59. The molecule has 0 unspecified atom stereocenters. The average Bonchev–Trinajstić information content (AvgIpc) is 2.41. The van der Waals surface area contributed by atoms with Crippen LogP contribution in [-0.2, 0) is 14.4 Å². The molecule has 0 aliphatic rings. The second-order valence-corrected chi connectivity index (χ2v) is 6.53. The Morgan fingerprint density at radius 1 is 1.00 bits per heavy atom. The molecule has 0 rings (SSSR count). The van der Waals surface area contributed by atoms with E-state index in [0.29, 0.717) is 6.42 Å². The topological polar surface area (TPSA) is 142 Å². The number of carbonyl (C=O) groups excluding carboxylic acids is 2. The van der Waals surface area contributed by atoms with Gasteiger partial charge in [0.25, 0.3) is 0 Å². The SMILES string of the molecule is CC(C)C[C@H](NC(=O)[C@@H](N)C(C)C)C(=O)N[C@H](C(=O)O)[C@@H](C)O. The van der Waals surface area contributed by atoms with Crippen LogP contribution >= 0.6 is 0 Å². The molecule has 0 aromatic heterocycles. The largest absolute Gasteiger partial charge is 0.480 e. The van der Waals surface area contributed by atoms with Crippen molar-refractivity contribution < 1.29 is 24.6 Å². The monoisotopic (exact) mass is 331 g/mol. The molecule has 0 fully saturated rings. The van der Waals surface area contributed by atoms with Gasteiger partial charge in [-0.05, 0) is 25.2 Å². The normalized spacial score (nSPS) is 16.6. The summed E-state index contributed by atoms with van der Waals surface area (Å²) in [5.74, 6) is -2.47. The minimum absolute atomic E-state index is 0.0937. The molecule has 0 aromatic rings. The van der Waals surface area contributed by atoms with Crippen molar-refractivity contribution in [3.8, 4) is 0 Å². The lowest BCUT2D eigenvalue weighted by atomic mass is 10.00. The van der Waals surface area contributed by atoms with Crippen LogP contribution in [0.25, 0.3) is 0 Å². The van der Waals surface area contributed by atoms with Gasteiger partial charge in [0.1, 0.15) is 6.04 Å². The van der Waals surface area contributed by atoms with Crippen LogP contribution in [0.5, 0.6) is 0 Å². The van der Waals surface area contributed by atoms with E-state index in [-0.39, 0.29) is 11.8 Å². The summed E-state index contributed by atoms with van der Waals surface area (Å²) in [6.07, 6.45) is -0.932. The molecule has 0 spiro atoms. The minimum Gasteiger partial charge on any atom is -0.480 e. The van der Waals surface area contributed by atoms with Crippen LogP contribution in [0.1, 0.15) is 41.0 Å². The van der Waals surface area contributed by atoms with Crippen molar-refractivity contribution in [2.45, 2.75) is 65.3 Å². The maximum absolute atomic E-state index is 12.3. The molecule has 6 N–H and O–H groups in total. The molecule has 0 radical (unpaired) electrons. The first-order valence-electron chi connectivity index (χ1n) is 7.74. The highest BCUT2D eigenvalue weighted by atomic mass is 16.4. The van der Waals surface area contributed by atoms with E-state index in [9.17, 15) is 19.5 Å². The fourth-order valence-electron chi connectivity index (χ4n) is 1.92. The van der Waals surface area contributed by atoms with E-state index < -0.39 is 42.0 Å². The first-order chi connectivity index (χ1) is 10.5. The molecule has 0 heterocycles. The van der Waals surface area contributed by atoms with Crippen LogP contribution in [0, 0.1) is 11.8 Å². The molecule has 4 atom stereocenters. The highest BCUT2D eigenvalue weighted by Gasteiger charge is 2.31. The number of hydrogen-bond donors (Lipinski definition) is 5. The predicted molar refractivity (Wildman–Crippen MR) is 85.4 cm³/mol. The van der Waals surface area contributed by atoms with Crippen LogP contribution < -0.4 is 16.4 Å². The van der Waals surface area contributed by atoms with E-state index in [1.54, 1.807) is 13.8 Å². The lowest BCUT2D eigenvalue weighted by Gasteiger charge is -2.25. The number of rotatable bonds is 9. The van der Waals surface area contributed by atoms with Crippen molar-refractivity contribution in [2.24, 2.45) is 17.6 Å². The second-order valence-electron chi connectivity index (χ2n) is 6.53. The van der Waals surface area contributed by atoms with Gasteiger partial charge in [0.2, 0.25) is 11.8 Å². The zero-order valence-electron chi connectivity index (χ0n) is 14.4. The molecule has 0 saturated heterocycles. The number of aliphatic hydroxyl groups excluding tert-OH is 1. The Labute approximate surface area is 136 Å². The number of aliphatic carboxylic acids is 1. The first-order valence-corrected chi connectivity index (χ1v) is 7.74. The molecule has 23 heavy (non-hydrogen) atoms. The average molecular weight is 331 g/mol. The number of nitrogens with two attached hydrogens (primary N) is 1. The van der Waals surface area contributed by atoms with Crippen LogP contribution in [0.2, 0.25) is 0 Å². The van der Waals surface area contributed by atoms with Gasteiger partial charge in [-0.25, -0.2) is 4.79 Å². The highest BCUT2D eigenvalue weighted by molar-refractivity contribution is 5.91. The third-order valence-electron chi connectivity index (χ3n) is 3.41. The first kappa shape index (κ1) is 21.3. The van der Waals surface area contributed by atoms with E-state index in [0.717, 1.165) is 0 Å². The van der Waals surface area contributed by atoms with Crippen molar-refractivity contribution >= 4 is 17.8 Å². The molecule has 134 valence electrons. The Hall–Kier alpha value is -1.67. The van der Waals surface area contributed by atoms with Crippen molar-refractivity contribution in [1.29, 1.82) is 0 Å². The van der Waals surface area contributed by atoms with Crippen LogP contribution in [0.15, 0.2) is 0 Å². The standard InChI is InChI=1S/C15H29N3O5/c1-7(2)6-10(17-14(21)11(16)8(3)4)13(20)18-12(9(5)19)15(22)23/h7-12,19H,6,16H2,1-5H3,(H,17,21)(H,18,20)(H,22,23)/t9-,10+,11+,12+/m1/s1. The van der Waals surface area contributed by atoms with Gasteiger partial charge in [0.05, 0.1) is 12.1 Å². The maximum Gasteiger partial charge on any atom is 0.328 e. The number of carbonyl (C=O) groups is 3. The second kappa shape index (κ2) is 9.46. The van der Waals surface area contributed by atoms with Gasteiger partial charge in [-0.3, -0.25) is 9.59 Å². The zero-order chi connectivity index (χ0) is 18.3. The van der Waals surface area contributed by atoms with Crippen molar-refractivity contribution in [1.82, 2.24) is 10.6 Å². The summed E-state index contributed by atoms with van der Waals surface area (Å²) in [6, 6.07) is -3.11. The quantitative estimate of drug-likeness (QED) is 0.384. The van der Waals surface area contributed by atoms with E-state index in [1.165, 1.54) is 6.92 Å². The van der Waals surface area contributed by atoms with Gasteiger partial charge in [0, 0.05) is 0 Å². The van der Waals surface area contributed by atoms with Gasteiger partial charge in [-0.15, -0.1) is 0 Å². The van der Waals surface area contributed by atoms with Gasteiger partial charge in [-0.2, -0.15) is 0 Å². The third kappa shape index (κ3) is 7.43. The minimum atomic E-state index is -1.44. The summed E-state index contributed by atoms with van der Waals surface area (Å²) in [4.78, 5) is 35.4. The van der Waals surface area contributed by atoms with Crippen molar-refractivity contribution in [2.75, 3.05) is 0 Å². The van der Waals surface area contributed by atoms with E-state index in [2.05, 4.69) is 10.6 Å². The van der Waals surface area contributed by atoms with Crippen molar-refractivity contribution in [3.63, 3.8) is 0 Å². The maximum atomic E-state index is 12.3. The molecule has 8 nitrogen and oxygen atoms in total. The molecule has 0 aromatic carbocycles. The highest BCUT2D eigenvalue weighted by Crippen LogP contribution is 2.08. The summed E-state index contributed by atoms with van der Waals surface area (Å²) < 4.78 is 0. The number of amides is 2. The molecule has 0 bridgehead atoms. The lowest BCUT2D eigenvalue weighted by molar-refractivity contribution is -0.145. The summed E-state index contributed by atoms with van der Waals surface area (Å²) in [5.41, 5.74) is 5.76. The Bertz CT molecular complexity index is 423. The van der Waals surface area contributed by atoms with Gasteiger partial charge in [-0.1, -0.05) is 27.7 Å². The van der Waals surface area contributed by atoms with E-state index in [1.807, 2.05) is 13.8 Å². The number of carboxylic acid groups (broad SMARTS) is 1. The Morgan fingerprint density at radius 2 is 1.52 bits per heavy atom. The molecule has 0 saturated carbocycles. The zero-order valence-corrected chi connectivity index (χ0v) is 14.4. The summed E-state index contributed by atoms with van der Waals surface area (Å²) >= 11 is 0. The summed E-state index contributed by atoms with van der Waals surface area (Å²) in [7, 11) is 0. The molecule has 0 aliphatic carbocycles. The van der Waals surface area contributed by atoms with Gasteiger partial charge >= 0.3 is 5.97 Å². The molecular weight excluding hydrogens is 302 g/mol. The van der Waals surface area contributed by atoms with Crippen LogP contribution in [0.4, 0.5) is 0 Å². The van der Waals surface area contributed by atoms with Crippen LogP contribution in [0.3, 0.4) is 0 Å². The fourth-order valence-corrected chi connectivity index (χ4v) is 1.92. The molecule has 2 amide bonds. The summed E-state index contributed by atoms with van der Waals surface area (Å²) in [5, 5.41) is 23.3. The number of carboxylic acids is 1. The number of aliphatic hydroxyl groups is 1. The number of hydrogen-bond acceptors (Lipinski definition) is 5. The third-order valence-corrected chi connectivity index (χ3v) is 3.41. The van der Waals surface area contributed by atoms with Gasteiger partial charge in [0.15, 0.2) is 6.04 Å². The van der Waals surface area contributed by atoms with Crippen LogP contribution in [-0.4, -0.2) is 52.2 Å². The van der Waals surface area contributed by atoms with E-state index >= 15 is 0 Å². The fraction of sp³-hybridized carbons (Fsp3) is 0.800. The smallest absolute Gasteiger partial charge is 0.328 e. The number of nitrogens with one attached hydrogen (secondary N) is 2. The van der Waals surface area contributed by atoms with E-state index in [4.69, 9.17) is 10.8 Å². The Morgan fingerprint density at radius 3 is 1.87 bits per heavy atom. The molecule has 0 aliphatic heterocycles. The Kier molecular flexibility index (Phi) is 8.78. The predicted octanol–water partition coefficient (Wildman–Crippen LogP) is -0.549. The molecule has 8 heteroatoms. The van der Waals surface area contributed by atoms with Crippen molar-refractivity contribution in [3.05, 3.63) is 0 Å². The van der Waals surface area contributed by atoms with Gasteiger partial charge < -0.3 is 26.6 Å². The lowest BCUT2D eigenvalue weighted by Crippen LogP contribution is -2.57. The Balaban J connectivity index is 5.05.